The molecule has 0 unspecified atom stereocenters. The summed E-state index contributed by atoms with van der Waals surface area (Å²) in [6.45, 7) is 7.00. The van der Waals surface area contributed by atoms with Gasteiger partial charge in [-0.25, -0.2) is 9.37 Å². The highest BCUT2D eigenvalue weighted by molar-refractivity contribution is 6.31. The number of rotatable bonds is 3. The summed E-state index contributed by atoms with van der Waals surface area (Å²) in [7, 11) is 0. The predicted octanol–water partition coefficient (Wildman–Crippen LogP) is 4.99. The van der Waals surface area contributed by atoms with Crippen LogP contribution in [0.1, 0.15) is 44.5 Å². The molecule has 0 bridgehead atoms. The SMILES string of the molecule is CC(C)(C)N1C[C@@H](c2nc3ccccc3n2Cc2c(F)cccc2Cl)CC1=O. The van der Waals surface area contributed by atoms with Crippen LogP contribution in [0.3, 0.4) is 0 Å². The summed E-state index contributed by atoms with van der Waals surface area (Å²) in [6.07, 6.45) is 0.408. The van der Waals surface area contributed by atoms with Crippen LogP contribution in [-0.4, -0.2) is 32.4 Å². The highest BCUT2D eigenvalue weighted by atomic mass is 35.5. The molecule has 0 N–H and O–H groups in total. The summed E-state index contributed by atoms with van der Waals surface area (Å²) >= 11 is 6.28. The lowest BCUT2D eigenvalue weighted by molar-refractivity contribution is -0.131. The number of carbonyl (C=O) groups is 1. The van der Waals surface area contributed by atoms with E-state index < -0.39 is 0 Å². The first-order chi connectivity index (χ1) is 13.3. The molecular weight excluding hydrogens is 377 g/mol. The zero-order valence-electron chi connectivity index (χ0n) is 16.2. The van der Waals surface area contributed by atoms with Crippen molar-refractivity contribution in [3.63, 3.8) is 0 Å². The third-order valence-corrected chi connectivity index (χ3v) is 5.72. The van der Waals surface area contributed by atoms with E-state index in [0.29, 0.717) is 23.6 Å². The van der Waals surface area contributed by atoms with E-state index in [1.807, 2.05) is 54.5 Å². The number of carbonyl (C=O) groups excluding carboxylic acids is 1. The Labute approximate surface area is 168 Å². The van der Waals surface area contributed by atoms with Crippen molar-refractivity contribution >= 4 is 28.5 Å². The molecule has 0 aliphatic carbocycles. The van der Waals surface area contributed by atoms with E-state index in [2.05, 4.69) is 0 Å². The number of hydrogen-bond donors (Lipinski definition) is 0. The number of hydrogen-bond acceptors (Lipinski definition) is 2. The van der Waals surface area contributed by atoms with Gasteiger partial charge in [-0.1, -0.05) is 29.8 Å². The molecule has 0 spiro atoms. The van der Waals surface area contributed by atoms with Gasteiger partial charge in [-0.3, -0.25) is 4.79 Å². The highest BCUT2D eigenvalue weighted by Crippen LogP contribution is 2.34. The van der Waals surface area contributed by atoms with Crippen LogP contribution in [0, 0.1) is 5.82 Å². The van der Waals surface area contributed by atoms with E-state index in [4.69, 9.17) is 16.6 Å². The molecule has 28 heavy (non-hydrogen) atoms. The Morgan fingerprint density at radius 1 is 1.18 bits per heavy atom. The maximum Gasteiger partial charge on any atom is 0.223 e. The minimum Gasteiger partial charge on any atom is -0.337 e. The average molecular weight is 400 g/mol. The smallest absolute Gasteiger partial charge is 0.223 e. The maximum absolute atomic E-state index is 14.5. The van der Waals surface area contributed by atoms with Crippen molar-refractivity contribution in [3.05, 3.63) is 64.7 Å². The van der Waals surface area contributed by atoms with Gasteiger partial charge in [-0.15, -0.1) is 0 Å². The van der Waals surface area contributed by atoms with E-state index in [9.17, 15) is 9.18 Å². The Morgan fingerprint density at radius 3 is 2.61 bits per heavy atom. The summed E-state index contributed by atoms with van der Waals surface area (Å²) in [5.41, 5.74) is 1.95. The van der Waals surface area contributed by atoms with Crippen LogP contribution in [0.5, 0.6) is 0 Å². The largest absolute Gasteiger partial charge is 0.337 e. The summed E-state index contributed by atoms with van der Waals surface area (Å²) in [5.74, 6) is 0.556. The third-order valence-electron chi connectivity index (χ3n) is 5.36. The van der Waals surface area contributed by atoms with Crippen LogP contribution >= 0.6 is 11.6 Å². The quantitative estimate of drug-likeness (QED) is 0.622. The Morgan fingerprint density at radius 2 is 1.93 bits per heavy atom. The lowest BCUT2D eigenvalue weighted by Gasteiger charge is -2.32. The number of likely N-dealkylation sites (tertiary alicyclic amines) is 1. The van der Waals surface area contributed by atoms with Crippen LogP contribution in [0.15, 0.2) is 42.5 Å². The molecule has 1 saturated heterocycles. The van der Waals surface area contributed by atoms with Crippen LogP contribution in [-0.2, 0) is 11.3 Å². The average Bonchev–Trinajstić information content (AvgIpc) is 3.19. The number of halogens is 2. The molecule has 146 valence electrons. The standard InChI is InChI=1S/C22H23ClFN3O/c1-22(2,3)27-12-14(11-20(27)28)21-25-18-9-4-5-10-19(18)26(21)13-15-16(23)7-6-8-17(15)24/h4-10,14H,11-13H2,1-3H3/t14-/m0/s1. The second-order valence-corrected chi connectivity index (χ2v) is 8.73. The van der Waals surface area contributed by atoms with Crippen molar-refractivity contribution in [1.82, 2.24) is 14.5 Å². The fourth-order valence-electron chi connectivity index (χ4n) is 3.94. The molecule has 2 heterocycles. The summed E-state index contributed by atoms with van der Waals surface area (Å²) < 4.78 is 16.5. The second-order valence-electron chi connectivity index (χ2n) is 8.32. The molecule has 1 aliphatic rings. The summed E-state index contributed by atoms with van der Waals surface area (Å²) in [5, 5.41) is 0.391. The molecule has 1 aliphatic heterocycles. The molecule has 0 saturated carbocycles. The van der Waals surface area contributed by atoms with Crippen molar-refractivity contribution in [1.29, 1.82) is 0 Å². The Hall–Kier alpha value is -2.40. The maximum atomic E-state index is 14.5. The lowest BCUT2D eigenvalue weighted by Crippen LogP contribution is -2.42. The zero-order chi connectivity index (χ0) is 20.1. The van der Waals surface area contributed by atoms with Crippen LogP contribution < -0.4 is 0 Å². The fourth-order valence-corrected chi connectivity index (χ4v) is 4.16. The summed E-state index contributed by atoms with van der Waals surface area (Å²) in [6, 6.07) is 12.5. The van der Waals surface area contributed by atoms with Crippen LogP contribution in [0.2, 0.25) is 5.02 Å². The van der Waals surface area contributed by atoms with Gasteiger partial charge in [0, 0.05) is 35.0 Å². The number of amides is 1. The van der Waals surface area contributed by atoms with Crippen molar-refractivity contribution < 1.29 is 9.18 Å². The Bertz CT molecular complexity index is 1030. The number of imidazole rings is 1. The Balaban J connectivity index is 1.80. The molecule has 6 heteroatoms. The molecule has 1 fully saturated rings. The molecular formula is C22H23ClFN3O. The van der Waals surface area contributed by atoms with Gasteiger partial charge in [0.25, 0.3) is 0 Å². The number of nitrogens with zero attached hydrogens (tertiary/aromatic N) is 3. The molecule has 1 atom stereocenters. The van der Waals surface area contributed by atoms with E-state index in [0.717, 1.165) is 16.9 Å². The van der Waals surface area contributed by atoms with Gasteiger partial charge in [0.05, 0.1) is 17.6 Å². The van der Waals surface area contributed by atoms with Gasteiger partial charge in [-0.2, -0.15) is 0 Å². The van der Waals surface area contributed by atoms with Gasteiger partial charge < -0.3 is 9.47 Å². The molecule has 1 amide bonds. The molecule has 3 aromatic rings. The molecule has 4 nitrogen and oxygen atoms in total. The number of fused-ring (bicyclic) bond motifs is 1. The van der Waals surface area contributed by atoms with Crippen LogP contribution in [0.25, 0.3) is 11.0 Å². The highest BCUT2D eigenvalue weighted by Gasteiger charge is 2.39. The van der Waals surface area contributed by atoms with E-state index in [-0.39, 0.29) is 29.7 Å². The molecule has 4 rings (SSSR count). The van der Waals surface area contributed by atoms with Crippen molar-refractivity contribution in [3.8, 4) is 0 Å². The van der Waals surface area contributed by atoms with Gasteiger partial charge in [0.2, 0.25) is 5.91 Å². The van der Waals surface area contributed by atoms with Crippen molar-refractivity contribution in [2.45, 2.75) is 45.2 Å². The third kappa shape index (κ3) is 3.28. The van der Waals surface area contributed by atoms with Crippen LogP contribution in [0.4, 0.5) is 4.39 Å². The first-order valence-corrected chi connectivity index (χ1v) is 9.82. The Kier molecular flexibility index (Phi) is 4.66. The number of para-hydroxylation sites is 2. The molecule has 1 aromatic heterocycles. The van der Waals surface area contributed by atoms with E-state index in [1.165, 1.54) is 6.07 Å². The van der Waals surface area contributed by atoms with E-state index >= 15 is 0 Å². The van der Waals surface area contributed by atoms with Crippen molar-refractivity contribution in [2.24, 2.45) is 0 Å². The monoisotopic (exact) mass is 399 g/mol. The van der Waals surface area contributed by atoms with Gasteiger partial charge in [0.15, 0.2) is 0 Å². The number of aromatic nitrogens is 2. The first-order valence-electron chi connectivity index (χ1n) is 9.44. The minimum absolute atomic E-state index is 0.0373. The second kappa shape index (κ2) is 6.89. The lowest BCUT2D eigenvalue weighted by atomic mass is 10.1. The minimum atomic E-state index is -0.338. The number of benzene rings is 2. The first kappa shape index (κ1) is 18.9. The fraction of sp³-hybridized carbons (Fsp3) is 0.364. The normalized spacial score (nSPS) is 17.7. The molecule has 0 radical (unpaired) electrons. The van der Waals surface area contributed by atoms with Gasteiger partial charge in [0.1, 0.15) is 11.6 Å². The predicted molar refractivity (Wildman–Crippen MR) is 109 cm³/mol. The zero-order valence-corrected chi connectivity index (χ0v) is 17.0. The topological polar surface area (TPSA) is 38.1 Å². The van der Waals surface area contributed by atoms with Crippen molar-refractivity contribution in [2.75, 3.05) is 6.54 Å². The summed E-state index contributed by atoms with van der Waals surface area (Å²) in [4.78, 5) is 19.3. The van der Waals surface area contributed by atoms with Gasteiger partial charge >= 0.3 is 0 Å². The van der Waals surface area contributed by atoms with E-state index in [1.54, 1.807) is 12.1 Å². The van der Waals surface area contributed by atoms with Gasteiger partial charge in [-0.05, 0) is 45.0 Å². The molecule has 2 aromatic carbocycles.